The molecule has 0 aliphatic rings. The summed E-state index contributed by atoms with van der Waals surface area (Å²) in [5, 5.41) is 4.54. The normalized spacial score (nSPS) is 13.1. The van der Waals surface area contributed by atoms with Gasteiger partial charge in [-0.15, -0.1) is 11.8 Å². The Morgan fingerprint density at radius 2 is 2.27 bits per heavy atom. The van der Waals surface area contributed by atoms with Crippen molar-refractivity contribution in [2.75, 3.05) is 12.3 Å². The molecule has 1 N–H and O–H groups in total. The molecular weight excluding hydrogens is 206 g/mol. The standard InChI is InChI=1S/C11H19N3S/c1-4-13-10(9(2)3)7-15-11-5-6-12-8-14-11/h5-6,8-10,13H,4,7H2,1-3H3. The van der Waals surface area contributed by atoms with Crippen LogP contribution in [0.5, 0.6) is 0 Å². The van der Waals surface area contributed by atoms with Gasteiger partial charge in [0.15, 0.2) is 0 Å². The largest absolute Gasteiger partial charge is 0.313 e. The fourth-order valence-electron chi connectivity index (χ4n) is 1.29. The van der Waals surface area contributed by atoms with Gasteiger partial charge >= 0.3 is 0 Å². The molecule has 0 saturated heterocycles. The van der Waals surface area contributed by atoms with Gasteiger partial charge in [0.05, 0.1) is 5.03 Å². The van der Waals surface area contributed by atoms with E-state index >= 15 is 0 Å². The SMILES string of the molecule is CCNC(CSc1ccncn1)C(C)C. The molecule has 0 amide bonds. The lowest BCUT2D eigenvalue weighted by Gasteiger charge is -2.20. The van der Waals surface area contributed by atoms with Crippen molar-refractivity contribution in [2.45, 2.75) is 31.8 Å². The minimum atomic E-state index is 0.551. The van der Waals surface area contributed by atoms with Crippen molar-refractivity contribution in [3.63, 3.8) is 0 Å². The Morgan fingerprint density at radius 1 is 1.47 bits per heavy atom. The lowest BCUT2D eigenvalue weighted by Crippen LogP contribution is -2.35. The van der Waals surface area contributed by atoms with Crippen molar-refractivity contribution in [3.05, 3.63) is 18.6 Å². The predicted molar refractivity (Wildman–Crippen MR) is 65.1 cm³/mol. The molecule has 1 unspecified atom stereocenters. The summed E-state index contributed by atoms with van der Waals surface area (Å²) in [4.78, 5) is 8.10. The van der Waals surface area contributed by atoms with Crippen molar-refractivity contribution in [3.8, 4) is 0 Å². The predicted octanol–water partition coefficient (Wildman–Crippen LogP) is 2.20. The first-order valence-corrected chi connectivity index (χ1v) is 6.34. The van der Waals surface area contributed by atoms with E-state index in [1.807, 2.05) is 6.07 Å². The third-order valence-electron chi connectivity index (χ3n) is 2.24. The van der Waals surface area contributed by atoms with E-state index in [-0.39, 0.29) is 0 Å². The third-order valence-corrected chi connectivity index (χ3v) is 3.30. The zero-order chi connectivity index (χ0) is 11.1. The van der Waals surface area contributed by atoms with Gasteiger partial charge in [0, 0.05) is 18.0 Å². The number of hydrogen-bond donors (Lipinski definition) is 1. The van der Waals surface area contributed by atoms with Crippen molar-refractivity contribution in [1.29, 1.82) is 0 Å². The fourth-order valence-corrected chi connectivity index (χ4v) is 2.42. The van der Waals surface area contributed by atoms with Crippen LogP contribution in [0.25, 0.3) is 0 Å². The van der Waals surface area contributed by atoms with Crippen LogP contribution in [0.1, 0.15) is 20.8 Å². The first kappa shape index (κ1) is 12.5. The van der Waals surface area contributed by atoms with E-state index in [1.54, 1.807) is 24.3 Å². The third kappa shape index (κ3) is 4.62. The maximum Gasteiger partial charge on any atom is 0.116 e. The lowest BCUT2D eigenvalue weighted by atomic mass is 10.1. The van der Waals surface area contributed by atoms with Crippen molar-refractivity contribution in [1.82, 2.24) is 15.3 Å². The summed E-state index contributed by atoms with van der Waals surface area (Å²) in [7, 11) is 0. The van der Waals surface area contributed by atoms with Crippen LogP contribution in [0, 0.1) is 5.92 Å². The lowest BCUT2D eigenvalue weighted by molar-refractivity contribution is 0.443. The van der Waals surface area contributed by atoms with Crippen molar-refractivity contribution >= 4 is 11.8 Å². The van der Waals surface area contributed by atoms with E-state index in [1.165, 1.54) is 0 Å². The Labute approximate surface area is 96.1 Å². The second-order valence-corrected chi connectivity index (χ2v) is 4.81. The molecular formula is C11H19N3S. The summed E-state index contributed by atoms with van der Waals surface area (Å²) < 4.78 is 0. The maximum atomic E-state index is 4.19. The van der Waals surface area contributed by atoms with Gasteiger partial charge in [-0.25, -0.2) is 9.97 Å². The average molecular weight is 225 g/mol. The molecule has 0 aliphatic carbocycles. The maximum absolute atomic E-state index is 4.19. The van der Waals surface area contributed by atoms with Crippen LogP contribution in [-0.4, -0.2) is 28.3 Å². The molecule has 1 aromatic rings. The topological polar surface area (TPSA) is 37.8 Å². The molecule has 1 rings (SSSR count). The summed E-state index contributed by atoms with van der Waals surface area (Å²) >= 11 is 1.78. The van der Waals surface area contributed by atoms with Crippen molar-refractivity contribution in [2.24, 2.45) is 5.92 Å². The molecule has 0 spiro atoms. The van der Waals surface area contributed by atoms with Gasteiger partial charge in [0.25, 0.3) is 0 Å². The summed E-state index contributed by atoms with van der Waals surface area (Å²) in [6, 6.07) is 2.50. The number of nitrogens with zero attached hydrogens (tertiary/aromatic N) is 2. The van der Waals surface area contributed by atoms with Gasteiger partial charge in [-0.3, -0.25) is 0 Å². The van der Waals surface area contributed by atoms with E-state index in [4.69, 9.17) is 0 Å². The van der Waals surface area contributed by atoms with Crippen LogP contribution in [0.15, 0.2) is 23.6 Å². The zero-order valence-electron chi connectivity index (χ0n) is 9.60. The highest BCUT2D eigenvalue weighted by molar-refractivity contribution is 7.99. The Hall–Kier alpha value is -0.610. The molecule has 0 saturated carbocycles. The number of aromatic nitrogens is 2. The van der Waals surface area contributed by atoms with E-state index in [2.05, 4.69) is 36.1 Å². The van der Waals surface area contributed by atoms with Crippen LogP contribution in [0.3, 0.4) is 0 Å². The molecule has 3 nitrogen and oxygen atoms in total. The van der Waals surface area contributed by atoms with Gasteiger partial charge in [0.2, 0.25) is 0 Å². The minimum Gasteiger partial charge on any atom is -0.313 e. The molecule has 0 fully saturated rings. The Kier molecular flexibility index (Phi) is 5.65. The Morgan fingerprint density at radius 3 is 2.80 bits per heavy atom. The average Bonchev–Trinajstić information content (AvgIpc) is 2.25. The quantitative estimate of drug-likeness (QED) is 0.595. The molecule has 0 radical (unpaired) electrons. The van der Waals surface area contributed by atoms with Crippen molar-refractivity contribution < 1.29 is 0 Å². The van der Waals surface area contributed by atoms with Crippen LogP contribution < -0.4 is 5.32 Å². The van der Waals surface area contributed by atoms with Gasteiger partial charge in [-0.2, -0.15) is 0 Å². The van der Waals surface area contributed by atoms with E-state index in [0.717, 1.165) is 17.3 Å². The van der Waals surface area contributed by atoms with Crippen LogP contribution in [0.2, 0.25) is 0 Å². The van der Waals surface area contributed by atoms with E-state index in [9.17, 15) is 0 Å². The smallest absolute Gasteiger partial charge is 0.116 e. The monoisotopic (exact) mass is 225 g/mol. The zero-order valence-corrected chi connectivity index (χ0v) is 10.4. The highest BCUT2D eigenvalue weighted by Gasteiger charge is 2.12. The number of rotatable bonds is 6. The molecule has 4 heteroatoms. The second-order valence-electron chi connectivity index (χ2n) is 3.77. The minimum absolute atomic E-state index is 0.551. The number of nitrogens with one attached hydrogen (secondary N) is 1. The summed E-state index contributed by atoms with van der Waals surface area (Å²) in [6.45, 7) is 7.65. The fraction of sp³-hybridized carbons (Fsp3) is 0.636. The summed E-state index contributed by atoms with van der Waals surface area (Å²) in [5.41, 5.74) is 0. The first-order chi connectivity index (χ1) is 7.24. The number of thioether (sulfide) groups is 1. The molecule has 1 aromatic heterocycles. The van der Waals surface area contributed by atoms with Crippen LogP contribution in [0.4, 0.5) is 0 Å². The van der Waals surface area contributed by atoms with Gasteiger partial charge in [-0.1, -0.05) is 20.8 Å². The molecule has 84 valence electrons. The summed E-state index contributed by atoms with van der Waals surface area (Å²) in [5.74, 6) is 1.71. The Balaban J connectivity index is 2.40. The first-order valence-electron chi connectivity index (χ1n) is 5.36. The van der Waals surface area contributed by atoms with Crippen LogP contribution >= 0.6 is 11.8 Å². The van der Waals surface area contributed by atoms with E-state index in [0.29, 0.717) is 12.0 Å². The molecule has 15 heavy (non-hydrogen) atoms. The van der Waals surface area contributed by atoms with E-state index < -0.39 is 0 Å². The second kappa shape index (κ2) is 6.80. The van der Waals surface area contributed by atoms with Gasteiger partial charge in [0.1, 0.15) is 6.33 Å². The van der Waals surface area contributed by atoms with Crippen LogP contribution in [-0.2, 0) is 0 Å². The molecule has 0 bridgehead atoms. The highest BCUT2D eigenvalue weighted by atomic mass is 32.2. The molecule has 1 atom stereocenters. The van der Waals surface area contributed by atoms with Gasteiger partial charge in [-0.05, 0) is 18.5 Å². The Bertz CT molecular complexity index is 264. The molecule has 0 aliphatic heterocycles. The summed E-state index contributed by atoms with van der Waals surface area (Å²) in [6.07, 6.45) is 3.38. The molecule has 0 aromatic carbocycles. The molecule has 1 heterocycles. The highest BCUT2D eigenvalue weighted by Crippen LogP contribution is 2.17. The number of hydrogen-bond acceptors (Lipinski definition) is 4. The van der Waals surface area contributed by atoms with Gasteiger partial charge < -0.3 is 5.32 Å².